The summed E-state index contributed by atoms with van der Waals surface area (Å²) in [4.78, 5) is 0. The Kier molecular flexibility index (Phi) is 4.90. The maximum absolute atomic E-state index is 5.34. The fraction of sp³-hybridized carbons (Fsp3) is 1.00. The molecular weight excluding hydrogens is 176 g/mol. The number of hydrogen-bond acceptors (Lipinski definition) is 2. The van der Waals surface area contributed by atoms with Crippen LogP contribution in [0.1, 0.15) is 39.0 Å². The maximum Gasteiger partial charge on any atom is 0.0540 e. The number of ether oxygens (including phenoxy) is 2. The topological polar surface area (TPSA) is 18.5 Å². The van der Waals surface area contributed by atoms with Crippen LogP contribution < -0.4 is 0 Å². The van der Waals surface area contributed by atoms with Gasteiger partial charge in [0.15, 0.2) is 0 Å². The smallest absolute Gasteiger partial charge is 0.0540 e. The van der Waals surface area contributed by atoms with Crippen LogP contribution in [0.4, 0.5) is 0 Å². The molecule has 1 rings (SSSR count). The molecule has 0 aliphatic heterocycles. The summed E-state index contributed by atoms with van der Waals surface area (Å²) in [6.45, 7) is 3.93. The molecule has 0 heterocycles. The summed E-state index contributed by atoms with van der Waals surface area (Å²) in [5.74, 6) is 0.931. The zero-order valence-electron chi connectivity index (χ0n) is 9.84. The fourth-order valence-corrected chi connectivity index (χ4v) is 2.43. The van der Waals surface area contributed by atoms with Gasteiger partial charge in [0, 0.05) is 19.6 Å². The maximum atomic E-state index is 5.34. The highest BCUT2D eigenvalue weighted by molar-refractivity contribution is 4.84. The summed E-state index contributed by atoms with van der Waals surface area (Å²) in [7, 11) is 3.59. The molecule has 0 unspecified atom stereocenters. The molecule has 2 nitrogen and oxygen atoms in total. The van der Waals surface area contributed by atoms with Crippen molar-refractivity contribution in [2.24, 2.45) is 11.3 Å². The average molecular weight is 200 g/mol. The van der Waals surface area contributed by atoms with Gasteiger partial charge < -0.3 is 9.47 Å². The third kappa shape index (κ3) is 2.96. The Morgan fingerprint density at radius 2 is 1.71 bits per heavy atom. The van der Waals surface area contributed by atoms with Crippen molar-refractivity contribution < 1.29 is 9.47 Å². The number of hydrogen-bond donors (Lipinski definition) is 0. The summed E-state index contributed by atoms with van der Waals surface area (Å²) in [5.41, 5.74) is 0.272. The summed E-state index contributed by atoms with van der Waals surface area (Å²) in [6, 6.07) is 0. The van der Waals surface area contributed by atoms with E-state index in [-0.39, 0.29) is 5.41 Å². The first-order chi connectivity index (χ1) is 6.76. The van der Waals surface area contributed by atoms with Crippen molar-refractivity contribution in [3.63, 3.8) is 0 Å². The van der Waals surface area contributed by atoms with Crippen molar-refractivity contribution >= 4 is 0 Å². The molecule has 1 aliphatic rings. The first kappa shape index (κ1) is 12.0. The van der Waals surface area contributed by atoms with E-state index in [1.165, 1.54) is 25.7 Å². The molecule has 2 heteroatoms. The summed E-state index contributed by atoms with van der Waals surface area (Å²) in [6.07, 6.45) is 6.69. The third-order valence-electron chi connectivity index (χ3n) is 3.60. The Hall–Kier alpha value is -0.0800. The van der Waals surface area contributed by atoms with Gasteiger partial charge >= 0.3 is 0 Å². The van der Waals surface area contributed by atoms with Crippen LogP contribution in [0.2, 0.25) is 0 Å². The zero-order chi connectivity index (χ0) is 10.4. The van der Waals surface area contributed by atoms with Crippen LogP contribution in [0.15, 0.2) is 0 Å². The largest absolute Gasteiger partial charge is 0.384 e. The molecule has 0 amide bonds. The molecule has 0 N–H and O–H groups in total. The number of rotatable bonds is 7. The molecular formula is C12H24O2. The van der Waals surface area contributed by atoms with Gasteiger partial charge in [-0.25, -0.2) is 0 Å². The molecule has 14 heavy (non-hydrogen) atoms. The number of methoxy groups -OCH3 is 2. The van der Waals surface area contributed by atoms with Crippen LogP contribution in [0.25, 0.3) is 0 Å². The highest BCUT2D eigenvalue weighted by Gasteiger charge is 2.33. The predicted molar refractivity (Wildman–Crippen MR) is 58.4 cm³/mol. The van der Waals surface area contributed by atoms with Gasteiger partial charge in [0.1, 0.15) is 0 Å². The SMILES string of the molecule is CCC(COC)(COC)CC1CCC1. The Morgan fingerprint density at radius 3 is 2.00 bits per heavy atom. The lowest BCUT2D eigenvalue weighted by Crippen LogP contribution is -2.35. The molecule has 1 aliphatic carbocycles. The van der Waals surface area contributed by atoms with Crippen LogP contribution in [0, 0.1) is 11.3 Å². The molecule has 0 atom stereocenters. The fourth-order valence-electron chi connectivity index (χ4n) is 2.43. The normalized spacial score (nSPS) is 18.2. The minimum absolute atomic E-state index is 0.272. The second-order valence-corrected chi connectivity index (χ2v) is 4.72. The van der Waals surface area contributed by atoms with Gasteiger partial charge in [0.05, 0.1) is 13.2 Å². The van der Waals surface area contributed by atoms with Gasteiger partial charge in [0.25, 0.3) is 0 Å². The summed E-state index contributed by atoms with van der Waals surface area (Å²) >= 11 is 0. The molecule has 0 aromatic rings. The van der Waals surface area contributed by atoms with Crippen molar-refractivity contribution in [1.29, 1.82) is 0 Å². The minimum atomic E-state index is 0.272. The lowest BCUT2D eigenvalue weighted by molar-refractivity contribution is -0.0163. The van der Waals surface area contributed by atoms with Gasteiger partial charge in [-0.1, -0.05) is 26.2 Å². The molecule has 1 saturated carbocycles. The lowest BCUT2D eigenvalue weighted by Gasteiger charge is -2.38. The second-order valence-electron chi connectivity index (χ2n) is 4.72. The van der Waals surface area contributed by atoms with Crippen molar-refractivity contribution in [2.75, 3.05) is 27.4 Å². The van der Waals surface area contributed by atoms with E-state index in [1.54, 1.807) is 14.2 Å². The van der Waals surface area contributed by atoms with Crippen molar-refractivity contribution in [2.45, 2.75) is 39.0 Å². The van der Waals surface area contributed by atoms with Crippen LogP contribution in [-0.2, 0) is 9.47 Å². The molecule has 0 aromatic carbocycles. The van der Waals surface area contributed by atoms with E-state index in [1.807, 2.05) is 0 Å². The molecule has 0 saturated heterocycles. The van der Waals surface area contributed by atoms with Crippen LogP contribution in [-0.4, -0.2) is 27.4 Å². The van der Waals surface area contributed by atoms with Crippen LogP contribution in [0.3, 0.4) is 0 Å². The molecule has 0 spiro atoms. The zero-order valence-corrected chi connectivity index (χ0v) is 9.84. The van der Waals surface area contributed by atoms with Gasteiger partial charge in [-0.15, -0.1) is 0 Å². The van der Waals surface area contributed by atoms with E-state index in [0.717, 1.165) is 25.6 Å². The first-order valence-corrected chi connectivity index (χ1v) is 5.74. The van der Waals surface area contributed by atoms with Gasteiger partial charge in [-0.05, 0) is 18.8 Å². The molecule has 0 bridgehead atoms. The first-order valence-electron chi connectivity index (χ1n) is 5.74. The molecule has 0 radical (unpaired) electrons. The van der Waals surface area contributed by atoms with Crippen molar-refractivity contribution in [3.05, 3.63) is 0 Å². The van der Waals surface area contributed by atoms with Crippen molar-refractivity contribution in [1.82, 2.24) is 0 Å². The van der Waals surface area contributed by atoms with Gasteiger partial charge in [-0.2, -0.15) is 0 Å². The Labute approximate surface area is 88.0 Å². The van der Waals surface area contributed by atoms with Crippen molar-refractivity contribution in [3.8, 4) is 0 Å². The minimum Gasteiger partial charge on any atom is -0.384 e. The third-order valence-corrected chi connectivity index (χ3v) is 3.60. The van der Waals surface area contributed by atoms with Gasteiger partial charge in [-0.3, -0.25) is 0 Å². The van der Waals surface area contributed by atoms with Gasteiger partial charge in [0.2, 0.25) is 0 Å². The van der Waals surface area contributed by atoms with E-state index in [4.69, 9.17) is 9.47 Å². The second kappa shape index (κ2) is 5.72. The van der Waals surface area contributed by atoms with E-state index < -0.39 is 0 Å². The molecule has 1 fully saturated rings. The van der Waals surface area contributed by atoms with E-state index >= 15 is 0 Å². The Bertz CT molecular complexity index is 146. The van der Waals surface area contributed by atoms with Crippen LogP contribution >= 0.6 is 0 Å². The summed E-state index contributed by atoms with van der Waals surface area (Å²) < 4.78 is 10.7. The molecule has 84 valence electrons. The van der Waals surface area contributed by atoms with E-state index in [9.17, 15) is 0 Å². The Balaban J connectivity index is 2.46. The predicted octanol–water partition coefficient (Wildman–Crippen LogP) is 2.87. The average Bonchev–Trinajstić information content (AvgIpc) is 2.12. The quantitative estimate of drug-likeness (QED) is 0.629. The highest BCUT2D eigenvalue weighted by Crippen LogP contribution is 2.39. The lowest BCUT2D eigenvalue weighted by atomic mass is 9.71. The Morgan fingerprint density at radius 1 is 1.14 bits per heavy atom. The summed E-state index contributed by atoms with van der Waals surface area (Å²) in [5, 5.41) is 0. The monoisotopic (exact) mass is 200 g/mol. The van der Waals surface area contributed by atoms with Crippen LogP contribution in [0.5, 0.6) is 0 Å². The highest BCUT2D eigenvalue weighted by atomic mass is 16.5. The standard InChI is InChI=1S/C12H24O2/c1-4-12(9-13-2,10-14-3)8-11-6-5-7-11/h11H,4-10H2,1-3H3. The molecule has 0 aromatic heterocycles. The van der Waals surface area contributed by atoms with E-state index in [2.05, 4.69) is 6.92 Å². The van der Waals surface area contributed by atoms with E-state index in [0.29, 0.717) is 0 Å².